The third kappa shape index (κ3) is 14.6. The fourth-order valence-electron chi connectivity index (χ4n) is 17.5. The maximum absolute atomic E-state index is 16.8. The van der Waals surface area contributed by atoms with Gasteiger partial charge in [0.2, 0.25) is 0 Å². The molecule has 0 saturated carbocycles. The Balaban J connectivity index is 0.000000167. The van der Waals surface area contributed by atoms with E-state index in [1.807, 2.05) is 161 Å². The van der Waals surface area contributed by atoms with Gasteiger partial charge in [-0.25, -0.2) is 44.8 Å². The number of nitrogens with zero attached hydrogens (tertiary/aromatic N) is 8. The maximum atomic E-state index is 16.8. The molecule has 0 saturated heterocycles. The Labute approximate surface area is 732 Å². The van der Waals surface area contributed by atoms with Gasteiger partial charge in [0.15, 0.2) is 11.4 Å². The van der Waals surface area contributed by atoms with Gasteiger partial charge in [0, 0.05) is 90.8 Å². The Morgan fingerprint density at radius 1 is 0.234 bits per heavy atom. The van der Waals surface area contributed by atoms with Crippen molar-refractivity contribution in [3.05, 3.63) is 442 Å². The number of anilines is 12. The molecule has 0 atom stereocenters. The predicted molar refractivity (Wildman–Crippen MR) is 501 cm³/mol. The Bertz CT molecular complexity index is 7540. The van der Waals surface area contributed by atoms with Crippen LogP contribution in [0.1, 0.15) is 33.4 Å². The SMILES string of the molecule is [C-]#[N+]c1ccc(N(c2cc(F)c(-c3ccc(C)cc3)cc2F)c2ccc3ccc4c(N(c5ccc(C#N)cc5)c5cc(F)c(-c6ccc(C)cc6)cc5F)ccc5ccc2c3c54)cc1.[C-]#[N+]c1ccc(N(c2cc(F)c(-c3cccc(C)c3)cc2F)c2ccc3ccc4c(N(c5ccc(C#N)cc5)c5cc(F)c(-c6cccc(C)c6)cc5F)ccc5ccc2c3c54)cc1. The van der Waals surface area contributed by atoms with E-state index in [9.17, 15) is 10.5 Å². The third-order valence-electron chi connectivity index (χ3n) is 23.7. The molecule has 0 radical (unpaired) electrons. The van der Waals surface area contributed by atoms with Gasteiger partial charge in [0.25, 0.3) is 0 Å². The van der Waals surface area contributed by atoms with E-state index in [0.29, 0.717) is 112 Å². The second-order valence-corrected chi connectivity index (χ2v) is 31.7. The first kappa shape index (κ1) is 80.8. The summed E-state index contributed by atoms with van der Waals surface area (Å²) < 4.78 is 132. The van der Waals surface area contributed by atoms with E-state index < -0.39 is 46.5 Å². The largest absolute Gasteiger partial charge is 0.307 e. The van der Waals surface area contributed by atoms with E-state index in [0.717, 1.165) is 65.3 Å². The zero-order valence-corrected chi connectivity index (χ0v) is 68.9. The van der Waals surface area contributed by atoms with Gasteiger partial charge in [0.1, 0.15) is 46.5 Å². The highest BCUT2D eigenvalue weighted by molar-refractivity contribution is 6.30. The number of benzene rings is 20. The van der Waals surface area contributed by atoms with Gasteiger partial charge in [-0.2, -0.15) is 10.5 Å². The normalized spacial score (nSPS) is 11.2. The van der Waals surface area contributed by atoms with Crippen LogP contribution in [0, 0.1) is 110 Å². The minimum Gasteiger partial charge on any atom is -0.307 e. The van der Waals surface area contributed by atoms with Crippen molar-refractivity contribution in [1.82, 2.24) is 0 Å². The summed E-state index contributed by atoms with van der Waals surface area (Å²) in [4.78, 5) is 13.7. The van der Waals surface area contributed by atoms with Crippen LogP contribution >= 0.6 is 0 Å². The van der Waals surface area contributed by atoms with E-state index >= 15 is 35.1 Å². The highest BCUT2D eigenvalue weighted by atomic mass is 19.2. The van der Waals surface area contributed by atoms with E-state index in [1.165, 1.54) is 48.5 Å². The molecular weight excluding hydrogens is 1610 g/mol. The summed E-state index contributed by atoms with van der Waals surface area (Å²) in [5.74, 6) is -5.05. The molecule has 16 heteroatoms. The second kappa shape index (κ2) is 33.0. The zero-order chi connectivity index (χ0) is 88.4. The first-order valence-corrected chi connectivity index (χ1v) is 41.0. The fraction of sp³-hybridized carbons (Fsp3) is 0.0357. The van der Waals surface area contributed by atoms with Gasteiger partial charge in [-0.1, -0.05) is 216 Å². The lowest BCUT2D eigenvalue weighted by molar-refractivity contribution is 0.604. The van der Waals surface area contributed by atoms with Crippen LogP contribution in [0.5, 0.6) is 0 Å². The number of hydrogen-bond donors (Lipinski definition) is 0. The zero-order valence-electron chi connectivity index (χ0n) is 68.9. The van der Waals surface area contributed by atoms with Crippen molar-refractivity contribution in [3.8, 4) is 56.6 Å². The summed E-state index contributed by atoms with van der Waals surface area (Å²) in [6.45, 7) is 22.7. The molecule has 0 aliphatic carbocycles. The minimum absolute atomic E-state index is 0.0289. The van der Waals surface area contributed by atoms with Gasteiger partial charge in [-0.05, 0) is 214 Å². The standard InChI is InChI=1S/2C56H34F4N4/c1-33-4-10-36(11-5-33)45-28-49(59)53(30-47(45)57)63(41-20-8-35(32-61)9-21-41)51-26-16-38-15-25-44-52(27-17-39-14-24-43(51)55(38)56(39)44)64(42-22-18-40(62-3)19-23-42)54-31-48(58)46(29-50(54)60)37-12-6-34(2)7-13-37;1-33-6-4-8-38(26-33)45-28-49(59)53(30-47(45)57)63(41-18-10-35(32-61)11-19-41)51-24-14-36-13-23-44-52(25-15-37-12-22-43(51)55(36)56(37)44)64(42-20-16-40(62-3)17-21-42)54-31-48(58)46(29-50(54)60)39-9-5-7-34(2)27-39/h2*4-31H,1-2H3. The summed E-state index contributed by atoms with van der Waals surface area (Å²) in [7, 11) is 0. The van der Waals surface area contributed by atoms with E-state index in [1.54, 1.807) is 177 Å². The van der Waals surface area contributed by atoms with Crippen molar-refractivity contribution in [1.29, 1.82) is 10.5 Å². The topological polar surface area (TPSA) is 69.3 Å². The summed E-state index contributed by atoms with van der Waals surface area (Å²) in [5.41, 5.74) is 12.1. The van der Waals surface area contributed by atoms with Crippen LogP contribution in [0.2, 0.25) is 0 Å². The molecule has 612 valence electrons. The number of nitriles is 2. The Morgan fingerprint density at radius 2 is 0.484 bits per heavy atom. The van der Waals surface area contributed by atoms with Crippen molar-refractivity contribution in [3.63, 3.8) is 0 Å². The molecule has 0 fully saturated rings. The lowest BCUT2D eigenvalue weighted by atomic mass is 9.91. The van der Waals surface area contributed by atoms with E-state index in [4.69, 9.17) is 13.1 Å². The first-order valence-electron chi connectivity index (χ1n) is 41.0. The molecule has 0 aliphatic heterocycles. The quantitative estimate of drug-likeness (QED) is 0.0545. The van der Waals surface area contributed by atoms with Crippen LogP contribution in [-0.4, -0.2) is 0 Å². The van der Waals surface area contributed by atoms with Crippen LogP contribution < -0.4 is 19.6 Å². The fourth-order valence-corrected chi connectivity index (χ4v) is 17.5. The predicted octanol–water partition coefficient (Wildman–Crippen LogP) is 32.9. The molecule has 0 amide bonds. The van der Waals surface area contributed by atoms with Crippen LogP contribution in [0.4, 0.5) is 115 Å². The highest BCUT2D eigenvalue weighted by Gasteiger charge is 2.31. The molecule has 20 aromatic rings. The summed E-state index contributed by atoms with van der Waals surface area (Å²) in [6.07, 6.45) is 0. The summed E-state index contributed by atoms with van der Waals surface area (Å²) >= 11 is 0. The molecule has 0 aromatic heterocycles. The summed E-state index contributed by atoms with van der Waals surface area (Å²) in [5, 5.41) is 28.9. The molecule has 128 heavy (non-hydrogen) atoms. The Hall–Kier alpha value is -16.9. The van der Waals surface area contributed by atoms with Crippen molar-refractivity contribution < 1.29 is 35.1 Å². The molecule has 0 heterocycles. The lowest BCUT2D eigenvalue weighted by Gasteiger charge is -2.30. The van der Waals surface area contributed by atoms with Crippen molar-refractivity contribution in [2.45, 2.75) is 27.7 Å². The van der Waals surface area contributed by atoms with E-state index in [2.05, 4.69) is 21.8 Å². The monoisotopic (exact) mass is 1680 g/mol. The number of hydrogen-bond acceptors (Lipinski definition) is 6. The Morgan fingerprint density at radius 3 is 0.734 bits per heavy atom. The molecule has 0 N–H and O–H groups in total. The minimum atomic E-state index is -0.656. The lowest BCUT2D eigenvalue weighted by Crippen LogP contribution is -2.14. The molecular formula is C112H68F8N8. The van der Waals surface area contributed by atoms with Crippen molar-refractivity contribution in [2.24, 2.45) is 0 Å². The van der Waals surface area contributed by atoms with Gasteiger partial charge < -0.3 is 19.6 Å². The van der Waals surface area contributed by atoms with Crippen LogP contribution in [-0.2, 0) is 0 Å². The molecule has 0 spiro atoms. The first-order chi connectivity index (χ1) is 62.2. The average Bonchev–Trinajstić information content (AvgIpc) is 0.719. The molecule has 20 aromatic carbocycles. The highest BCUT2D eigenvalue weighted by Crippen LogP contribution is 2.53. The number of rotatable bonds is 16. The molecule has 0 bridgehead atoms. The third-order valence-corrected chi connectivity index (χ3v) is 23.7. The van der Waals surface area contributed by atoms with Crippen molar-refractivity contribution in [2.75, 3.05) is 19.6 Å². The molecule has 8 nitrogen and oxygen atoms in total. The van der Waals surface area contributed by atoms with E-state index in [-0.39, 0.29) is 45.0 Å². The van der Waals surface area contributed by atoms with Crippen LogP contribution in [0.15, 0.2) is 340 Å². The van der Waals surface area contributed by atoms with Gasteiger partial charge in [-0.15, -0.1) is 0 Å². The second-order valence-electron chi connectivity index (χ2n) is 31.7. The van der Waals surface area contributed by atoms with Crippen LogP contribution in [0.3, 0.4) is 0 Å². The molecule has 0 aliphatic rings. The number of halogens is 8. The van der Waals surface area contributed by atoms with Gasteiger partial charge in [-0.3, -0.25) is 0 Å². The van der Waals surface area contributed by atoms with Crippen molar-refractivity contribution >= 4 is 144 Å². The maximum Gasteiger partial charge on any atom is 0.187 e. The molecule has 20 rings (SSSR count). The Kier molecular flexibility index (Phi) is 20.9. The average molecular weight is 1680 g/mol. The smallest absolute Gasteiger partial charge is 0.187 e. The van der Waals surface area contributed by atoms with Crippen LogP contribution in [0.25, 0.3) is 119 Å². The van der Waals surface area contributed by atoms with Gasteiger partial charge >= 0.3 is 0 Å². The van der Waals surface area contributed by atoms with Gasteiger partial charge in [0.05, 0.1) is 81.9 Å². The molecule has 0 unspecified atom stereocenters. The summed E-state index contributed by atoms with van der Waals surface area (Å²) in [6, 6.07) is 100. The number of aryl methyl sites for hydroxylation is 4.